The normalized spacial score (nSPS) is 14.1. The highest BCUT2D eigenvalue weighted by Crippen LogP contribution is 2.19. The Morgan fingerprint density at radius 3 is 2.84 bits per heavy atom. The summed E-state index contributed by atoms with van der Waals surface area (Å²) in [6.45, 7) is 2.45. The van der Waals surface area contributed by atoms with Gasteiger partial charge in [-0.25, -0.2) is 0 Å². The van der Waals surface area contributed by atoms with Crippen molar-refractivity contribution in [2.45, 2.75) is 19.1 Å². The maximum absolute atomic E-state index is 10.1. The van der Waals surface area contributed by atoms with Crippen LogP contribution in [0.25, 0.3) is 0 Å². The molecule has 0 fully saturated rings. The zero-order chi connectivity index (χ0) is 13.7. The summed E-state index contributed by atoms with van der Waals surface area (Å²) in [5.41, 5.74) is 0.832. The van der Waals surface area contributed by atoms with Gasteiger partial charge in [-0.1, -0.05) is 12.1 Å². The quantitative estimate of drug-likeness (QED) is 0.839. The molecule has 2 aromatic rings. The third-order valence-electron chi connectivity index (χ3n) is 3.07. The molecule has 2 rings (SSSR count). The van der Waals surface area contributed by atoms with Crippen LogP contribution < -0.4 is 10.1 Å². The van der Waals surface area contributed by atoms with Crippen molar-refractivity contribution < 1.29 is 14.3 Å². The first kappa shape index (κ1) is 13.6. The first-order valence-corrected chi connectivity index (χ1v) is 6.29. The highest BCUT2D eigenvalue weighted by Gasteiger charge is 2.12. The lowest BCUT2D eigenvalue weighted by atomic mass is 10.1. The summed E-state index contributed by atoms with van der Waals surface area (Å²) in [5, 5.41) is 13.4. The minimum absolute atomic E-state index is 0.0651. The van der Waals surface area contributed by atoms with Crippen LogP contribution in [0.15, 0.2) is 47.1 Å². The van der Waals surface area contributed by atoms with Crippen LogP contribution >= 0.6 is 0 Å². The van der Waals surface area contributed by atoms with Crippen molar-refractivity contribution in [1.82, 2.24) is 5.32 Å². The molecule has 0 amide bonds. The SMILES string of the molecule is COc1cccc(C(O)CN[C@@H](C)c2ccco2)c1. The largest absolute Gasteiger partial charge is 0.497 e. The molecule has 4 heteroatoms. The molecule has 0 saturated heterocycles. The first-order valence-electron chi connectivity index (χ1n) is 6.29. The van der Waals surface area contributed by atoms with Crippen LogP contribution in [0.5, 0.6) is 5.75 Å². The van der Waals surface area contributed by atoms with Gasteiger partial charge in [0.25, 0.3) is 0 Å². The van der Waals surface area contributed by atoms with Gasteiger partial charge in [0.2, 0.25) is 0 Å². The van der Waals surface area contributed by atoms with Gasteiger partial charge in [-0.05, 0) is 36.8 Å². The second kappa shape index (κ2) is 6.41. The van der Waals surface area contributed by atoms with Crippen LogP contribution in [0.3, 0.4) is 0 Å². The lowest BCUT2D eigenvalue weighted by molar-refractivity contribution is 0.168. The maximum Gasteiger partial charge on any atom is 0.120 e. The van der Waals surface area contributed by atoms with E-state index >= 15 is 0 Å². The summed E-state index contributed by atoms with van der Waals surface area (Å²) in [4.78, 5) is 0. The number of benzene rings is 1. The van der Waals surface area contributed by atoms with E-state index in [9.17, 15) is 5.11 Å². The predicted molar refractivity (Wildman–Crippen MR) is 73.1 cm³/mol. The van der Waals surface area contributed by atoms with Crippen LogP contribution in [-0.2, 0) is 0 Å². The number of ether oxygens (including phenoxy) is 1. The summed E-state index contributed by atoms with van der Waals surface area (Å²) in [7, 11) is 1.61. The van der Waals surface area contributed by atoms with E-state index in [4.69, 9.17) is 9.15 Å². The highest BCUT2D eigenvalue weighted by atomic mass is 16.5. The Morgan fingerprint density at radius 1 is 1.32 bits per heavy atom. The highest BCUT2D eigenvalue weighted by molar-refractivity contribution is 5.29. The fourth-order valence-corrected chi connectivity index (χ4v) is 1.89. The fraction of sp³-hybridized carbons (Fsp3) is 0.333. The Kier molecular flexibility index (Phi) is 4.60. The molecule has 0 spiro atoms. The molecule has 4 nitrogen and oxygen atoms in total. The smallest absolute Gasteiger partial charge is 0.120 e. The van der Waals surface area contributed by atoms with Gasteiger partial charge >= 0.3 is 0 Å². The molecular formula is C15H19NO3. The maximum atomic E-state index is 10.1. The summed E-state index contributed by atoms with van der Waals surface area (Å²) in [5.74, 6) is 1.61. The van der Waals surface area contributed by atoms with Crippen molar-refractivity contribution in [3.63, 3.8) is 0 Å². The second-order valence-corrected chi connectivity index (χ2v) is 4.44. The number of hydrogen-bond acceptors (Lipinski definition) is 4. The topological polar surface area (TPSA) is 54.6 Å². The molecule has 1 aromatic heterocycles. The molecule has 0 aliphatic heterocycles. The average Bonchev–Trinajstić information content (AvgIpc) is 2.98. The zero-order valence-electron chi connectivity index (χ0n) is 11.2. The lowest BCUT2D eigenvalue weighted by Gasteiger charge is -2.16. The minimum atomic E-state index is -0.576. The monoisotopic (exact) mass is 261 g/mol. The Labute approximate surface area is 113 Å². The van der Waals surface area contributed by atoms with Crippen LogP contribution in [-0.4, -0.2) is 18.8 Å². The van der Waals surface area contributed by atoms with Gasteiger partial charge in [0.1, 0.15) is 11.5 Å². The lowest BCUT2D eigenvalue weighted by Crippen LogP contribution is -2.24. The third kappa shape index (κ3) is 3.59. The van der Waals surface area contributed by atoms with Crippen LogP contribution in [0.2, 0.25) is 0 Å². The van der Waals surface area contributed by atoms with Gasteiger partial charge in [-0.2, -0.15) is 0 Å². The van der Waals surface area contributed by atoms with Crippen molar-refractivity contribution in [2.24, 2.45) is 0 Å². The molecule has 0 aliphatic carbocycles. The van der Waals surface area contributed by atoms with Crippen LogP contribution in [0, 0.1) is 0 Å². The van der Waals surface area contributed by atoms with E-state index in [2.05, 4.69) is 5.32 Å². The number of aliphatic hydroxyl groups excluding tert-OH is 1. The average molecular weight is 261 g/mol. The van der Waals surface area contributed by atoms with E-state index in [0.717, 1.165) is 17.1 Å². The van der Waals surface area contributed by atoms with Crippen molar-refractivity contribution in [3.8, 4) is 5.75 Å². The fourth-order valence-electron chi connectivity index (χ4n) is 1.89. The Hall–Kier alpha value is -1.78. The van der Waals surface area contributed by atoms with Crippen LogP contribution in [0.1, 0.15) is 30.4 Å². The molecule has 102 valence electrons. The third-order valence-corrected chi connectivity index (χ3v) is 3.07. The van der Waals surface area contributed by atoms with Gasteiger partial charge in [-0.3, -0.25) is 0 Å². The molecule has 0 radical (unpaired) electrons. The molecular weight excluding hydrogens is 242 g/mol. The molecule has 0 saturated carbocycles. The molecule has 19 heavy (non-hydrogen) atoms. The summed E-state index contributed by atoms with van der Waals surface area (Å²) in [6, 6.07) is 11.3. The second-order valence-electron chi connectivity index (χ2n) is 4.44. The first-order chi connectivity index (χ1) is 9.20. The van der Waals surface area contributed by atoms with E-state index in [0.29, 0.717) is 6.54 Å². The van der Waals surface area contributed by atoms with Crippen molar-refractivity contribution >= 4 is 0 Å². The number of furan rings is 1. The van der Waals surface area contributed by atoms with E-state index < -0.39 is 6.10 Å². The Morgan fingerprint density at radius 2 is 2.16 bits per heavy atom. The Bertz CT molecular complexity index is 496. The van der Waals surface area contributed by atoms with E-state index in [1.54, 1.807) is 13.4 Å². The summed E-state index contributed by atoms with van der Waals surface area (Å²) in [6.07, 6.45) is 1.07. The standard InChI is InChI=1S/C15H19NO3/c1-11(15-7-4-8-19-15)16-10-14(17)12-5-3-6-13(9-12)18-2/h3-9,11,14,16-17H,10H2,1-2H3/t11-,14?/m0/s1. The van der Waals surface area contributed by atoms with Crippen molar-refractivity contribution in [2.75, 3.05) is 13.7 Å². The van der Waals surface area contributed by atoms with Gasteiger partial charge in [0, 0.05) is 6.54 Å². The number of methoxy groups -OCH3 is 1. The molecule has 2 atom stereocenters. The van der Waals surface area contributed by atoms with Crippen molar-refractivity contribution in [1.29, 1.82) is 0 Å². The predicted octanol–water partition coefficient (Wildman–Crippen LogP) is 2.67. The van der Waals surface area contributed by atoms with Crippen molar-refractivity contribution in [3.05, 3.63) is 54.0 Å². The molecule has 1 unspecified atom stereocenters. The molecule has 0 bridgehead atoms. The van der Waals surface area contributed by atoms with E-state index in [1.807, 2.05) is 43.3 Å². The van der Waals surface area contributed by atoms with Gasteiger partial charge < -0.3 is 19.6 Å². The summed E-state index contributed by atoms with van der Waals surface area (Å²) >= 11 is 0. The van der Waals surface area contributed by atoms with E-state index in [1.165, 1.54) is 0 Å². The van der Waals surface area contributed by atoms with Crippen LogP contribution in [0.4, 0.5) is 0 Å². The number of rotatable bonds is 6. The molecule has 0 aliphatic rings. The Balaban J connectivity index is 1.91. The van der Waals surface area contributed by atoms with Gasteiger partial charge in [-0.15, -0.1) is 0 Å². The zero-order valence-corrected chi connectivity index (χ0v) is 11.2. The minimum Gasteiger partial charge on any atom is -0.497 e. The van der Waals surface area contributed by atoms with Gasteiger partial charge in [0.05, 0.1) is 25.5 Å². The summed E-state index contributed by atoms with van der Waals surface area (Å²) < 4.78 is 10.4. The molecule has 2 N–H and O–H groups in total. The number of hydrogen-bond donors (Lipinski definition) is 2. The van der Waals surface area contributed by atoms with Gasteiger partial charge in [0.15, 0.2) is 0 Å². The number of nitrogens with one attached hydrogen (secondary N) is 1. The number of aliphatic hydroxyl groups is 1. The molecule has 1 aromatic carbocycles. The van der Waals surface area contributed by atoms with E-state index in [-0.39, 0.29) is 6.04 Å². The molecule has 1 heterocycles.